The summed E-state index contributed by atoms with van der Waals surface area (Å²) < 4.78 is 0. The maximum atomic E-state index is 11.7. The minimum absolute atomic E-state index is 0.0210. The second-order valence-corrected chi connectivity index (χ2v) is 4.17. The van der Waals surface area contributed by atoms with Gasteiger partial charge in [-0.05, 0) is 12.8 Å². The summed E-state index contributed by atoms with van der Waals surface area (Å²) in [6, 6.07) is 0. The number of amides is 1. The summed E-state index contributed by atoms with van der Waals surface area (Å²) in [5, 5.41) is 8.78. The Morgan fingerprint density at radius 3 is 2.53 bits per heavy atom. The summed E-state index contributed by atoms with van der Waals surface area (Å²) >= 11 is 0. The molecule has 0 radical (unpaired) electrons. The highest BCUT2D eigenvalue weighted by Crippen LogP contribution is 2.34. The SMILES string of the molecule is O=C1CCN(C(=O)O)CC1C(=O)C1CC1. The molecule has 0 bridgehead atoms. The van der Waals surface area contributed by atoms with E-state index in [1.54, 1.807) is 0 Å². The fourth-order valence-corrected chi connectivity index (χ4v) is 1.91. The monoisotopic (exact) mass is 211 g/mol. The molecule has 1 saturated heterocycles. The average Bonchev–Trinajstić information content (AvgIpc) is 3.00. The number of nitrogens with zero attached hydrogens (tertiary/aromatic N) is 1. The molecular formula is C10H13NO4. The van der Waals surface area contributed by atoms with Crippen LogP contribution in [0, 0.1) is 11.8 Å². The van der Waals surface area contributed by atoms with Gasteiger partial charge in [0.2, 0.25) is 0 Å². The third-order valence-corrected chi connectivity index (χ3v) is 3.01. The van der Waals surface area contributed by atoms with Crippen LogP contribution < -0.4 is 0 Å². The summed E-state index contributed by atoms with van der Waals surface area (Å²) in [5.74, 6) is -0.814. The highest BCUT2D eigenvalue weighted by atomic mass is 16.4. The van der Waals surface area contributed by atoms with Gasteiger partial charge in [0.05, 0.1) is 5.92 Å². The van der Waals surface area contributed by atoms with Gasteiger partial charge >= 0.3 is 6.09 Å². The van der Waals surface area contributed by atoms with E-state index in [1.165, 1.54) is 0 Å². The number of piperidine rings is 1. The van der Waals surface area contributed by atoms with Crippen molar-refractivity contribution in [3.63, 3.8) is 0 Å². The zero-order valence-corrected chi connectivity index (χ0v) is 8.31. The lowest BCUT2D eigenvalue weighted by Crippen LogP contribution is -2.46. The molecule has 1 aliphatic carbocycles. The van der Waals surface area contributed by atoms with E-state index < -0.39 is 12.0 Å². The summed E-state index contributed by atoms with van der Waals surface area (Å²) in [4.78, 5) is 35.1. The number of carboxylic acid groups (broad SMARTS) is 1. The van der Waals surface area contributed by atoms with E-state index in [2.05, 4.69) is 0 Å². The Kier molecular flexibility index (Phi) is 2.46. The van der Waals surface area contributed by atoms with Gasteiger partial charge in [-0.3, -0.25) is 9.59 Å². The second-order valence-electron chi connectivity index (χ2n) is 4.17. The van der Waals surface area contributed by atoms with Gasteiger partial charge in [0, 0.05) is 25.4 Å². The number of Topliss-reactive ketones (excluding diaryl/α,β-unsaturated/α-hetero) is 2. The van der Waals surface area contributed by atoms with Crippen molar-refractivity contribution in [1.29, 1.82) is 0 Å². The number of carbonyl (C=O) groups is 3. The highest BCUT2D eigenvalue weighted by molar-refractivity contribution is 6.05. The second kappa shape index (κ2) is 3.64. The Morgan fingerprint density at radius 1 is 1.33 bits per heavy atom. The van der Waals surface area contributed by atoms with Crippen LogP contribution in [0.25, 0.3) is 0 Å². The Morgan fingerprint density at radius 2 is 2.00 bits per heavy atom. The molecule has 1 unspecified atom stereocenters. The molecule has 1 saturated carbocycles. The third kappa shape index (κ3) is 2.00. The Labute approximate surface area is 87.1 Å². The van der Waals surface area contributed by atoms with Gasteiger partial charge in [0.15, 0.2) is 0 Å². The highest BCUT2D eigenvalue weighted by Gasteiger charge is 2.41. The third-order valence-electron chi connectivity index (χ3n) is 3.01. The van der Waals surface area contributed by atoms with Gasteiger partial charge in [-0.2, -0.15) is 0 Å². The van der Waals surface area contributed by atoms with Crippen LogP contribution in [0.5, 0.6) is 0 Å². The van der Waals surface area contributed by atoms with E-state index in [-0.39, 0.29) is 37.0 Å². The lowest BCUT2D eigenvalue weighted by molar-refractivity contribution is -0.136. The summed E-state index contributed by atoms with van der Waals surface area (Å²) in [6.07, 6.45) is 0.844. The minimum atomic E-state index is -1.05. The molecule has 1 N–H and O–H groups in total. The largest absolute Gasteiger partial charge is 0.465 e. The van der Waals surface area contributed by atoms with Gasteiger partial charge in [-0.15, -0.1) is 0 Å². The van der Waals surface area contributed by atoms with E-state index >= 15 is 0 Å². The smallest absolute Gasteiger partial charge is 0.407 e. The molecule has 1 amide bonds. The van der Waals surface area contributed by atoms with E-state index in [0.717, 1.165) is 17.7 Å². The first-order valence-corrected chi connectivity index (χ1v) is 5.14. The molecule has 15 heavy (non-hydrogen) atoms. The van der Waals surface area contributed by atoms with Crippen LogP contribution in [0.15, 0.2) is 0 Å². The van der Waals surface area contributed by atoms with Gasteiger partial charge in [-0.1, -0.05) is 0 Å². The van der Waals surface area contributed by atoms with E-state index in [9.17, 15) is 14.4 Å². The molecule has 0 spiro atoms. The van der Waals surface area contributed by atoms with Gasteiger partial charge in [0.1, 0.15) is 11.6 Å². The van der Waals surface area contributed by atoms with Crippen LogP contribution in [0.1, 0.15) is 19.3 Å². The maximum absolute atomic E-state index is 11.7. The van der Waals surface area contributed by atoms with Crippen LogP contribution in [0.3, 0.4) is 0 Å². The topological polar surface area (TPSA) is 74.7 Å². The number of ketones is 2. The molecule has 2 aliphatic rings. The zero-order chi connectivity index (χ0) is 11.0. The molecule has 0 aromatic heterocycles. The number of hydrogen-bond donors (Lipinski definition) is 1. The molecule has 82 valence electrons. The molecule has 5 nitrogen and oxygen atoms in total. The zero-order valence-electron chi connectivity index (χ0n) is 8.31. The predicted octanol–water partition coefficient (Wildman–Crippen LogP) is 0.534. The van der Waals surface area contributed by atoms with Crippen molar-refractivity contribution in [3.8, 4) is 0 Å². The number of rotatable bonds is 2. The van der Waals surface area contributed by atoms with Crippen molar-refractivity contribution in [2.75, 3.05) is 13.1 Å². The molecule has 2 fully saturated rings. The van der Waals surface area contributed by atoms with E-state index in [0.29, 0.717) is 0 Å². The number of carbonyl (C=O) groups excluding carboxylic acids is 2. The fraction of sp³-hybridized carbons (Fsp3) is 0.700. The molecule has 1 heterocycles. The van der Waals surface area contributed by atoms with Crippen molar-refractivity contribution in [1.82, 2.24) is 4.90 Å². The molecular weight excluding hydrogens is 198 g/mol. The lowest BCUT2D eigenvalue weighted by atomic mass is 9.90. The van der Waals surface area contributed by atoms with Crippen molar-refractivity contribution in [3.05, 3.63) is 0 Å². The van der Waals surface area contributed by atoms with Crippen LogP contribution in [-0.4, -0.2) is 40.8 Å². The van der Waals surface area contributed by atoms with Crippen molar-refractivity contribution in [2.24, 2.45) is 11.8 Å². The normalized spacial score (nSPS) is 26.5. The predicted molar refractivity (Wildman–Crippen MR) is 50.4 cm³/mol. The molecule has 5 heteroatoms. The first-order chi connectivity index (χ1) is 7.09. The maximum Gasteiger partial charge on any atom is 0.407 e. The van der Waals surface area contributed by atoms with Gasteiger partial charge in [0.25, 0.3) is 0 Å². The molecule has 0 aromatic carbocycles. The Balaban J connectivity index is 2.04. The lowest BCUT2D eigenvalue weighted by Gasteiger charge is -2.28. The number of hydrogen-bond acceptors (Lipinski definition) is 3. The Hall–Kier alpha value is -1.39. The van der Waals surface area contributed by atoms with Crippen molar-refractivity contribution < 1.29 is 19.5 Å². The van der Waals surface area contributed by atoms with E-state index in [1.807, 2.05) is 0 Å². The first-order valence-electron chi connectivity index (χ1n) is 5.14. The quantitative estimate of drug-likeness (QED) is 0.676. The van der Waals surface area contributed by atoms with Gasteiger partial charge < -0.3 is 10.0 Å². The summed E-state index contributed by atoms with van der Waals surface area (Å²) in [5.41, 5.74) is 0. The fourth-order valence-electron chi connectivity index (χ4n) is 1.91. The summed E-state index contributed by atoms with van der Waals surface area (Å²) in [7, 11) is 0. The van der Waals surface area contributed by atoms with Crippen LogP contribution in [0.2, 0.25) is 0 Å². The molecule has 2 rings (SSSR count). The van der Waals surface area contributed by atoms with Crippen molar-refractivity contribution in [2.45, 2.75) is 19.3 Å². The Bertz CT molecular complexity index is 321. The minimum Gasteiger partial charge on any atom is -0.465 e. The number of likely N-dealkylation sites (tertiary alicyclic amines) is 1. The molecule has 0 aromatic rings. The van der Waals surface area contributed by atoms with E-state index in [4.69, 9.17) is 5.11 Å². The van der Waals surface area contributed by atoms with Crippen LogP contribution in [0.4, 0.5) is 4.79 Å². The molecule has 1 atom stereocenters. The molecule has 1 aliphatic heterocycles. The average molecular weight is 211 g/mol. The van der Waals surface area contributed by atoms with Gasteiger partial charge in [-0.25, -0.2) is 4.79 Å². The van der Waals surface area contributed by atoms with Crippen molar-refractivity contribution >= 4 is 17.7 Å². The van der Waals surface area contributed by atoms with Crippen LogP contribution in [-0.2, 0) is 9.59 Å². The standard InChI is InChI=1S/C10H13NO4/c12-8-3-4-11(10(14)15)5-7(8)9(13)6-1-2-6/h6-7H,1-5H2,(H,14,15). The summed E-state index contributed by atoms with van der Waals surface area (Å²) in [6.45, 7) is 0.284. The van der Waals surface area contributed by atoms with Crippen LogP contribution >= 0.6 is 0 Å². The first kappa shape index (κ1) is 10.1.